The van der Waals surface area contributed by atoms with Gasteiger partial charge >= 0.3 is 29.6 Å². The molecule has 1 unspecified atom stereocenters. The van der Waals surface area contributed by atoms with Crippen molar-refractivity contribution in [1.82, 2.24) is 5.32 Å². The first-order valence-corrected chi connectivity index (χ1v) is 7.50. The monoisotopic (exact) mass is 293 g/mol. The summed E-state index contributed by atoms with van der Waals surface area (Å²) in [5.74, 6) is -1.56. The van der Waals surface area contributed by atoms with Gasteiger partial charge in [-0.25, -0.2) is 0 Å². The van der Waals surface area contributed by atoms with E-state index >= 15 is 0 Å². The Morgan fingerprint density at radius 3 is 2.00 bits per heavy atom. The Morgan fingerprint density at radius 2 is 1.50 bits per heavy atom. The standard InChI is InChI=1S/C15H29NO3.Na/c1-4-5-6-7-8-9-10-11-12(2)14(17)16-13(3)15(18)19;/h12-13H,4-11H2,1-3H3,(H,16,17)(H,18,19);/q;+1/p-1/t12?,13-;/m0./s1. The quantitative estimate of drug-likeness (QED) is 0.393. The maximum Gasteiger partial charge on any atom is 1.00 e. The van der Waals surface area contributed by atoms with Crippen LogP contribution >= 0.6 is 0 Å². The van der Waals surface area contributed by atoms with Gasteiger partial charge in [0, 0.05) is 5.92 Å². The second-order valence-corrected chi connectivity index (χ2v) is 5.36. The molecule has 0 saturated carbocycles. The first kappa shape index (κ1) is 22.2. The van der Waals surface area contributed by atoms with Gasteiger partial charge in [0.25, 0.3) is 0 Å². The number of carboxylic acids is 1. The van der Waals surface area contributed by atoms with Crippen molar-refractivity contribution in [2.45, 2.75) is 78.2 Å². The first-order chi connectivity index (χ1) is 8.99. The molecule has 0 spiro atoms. The number of nitrogens with one attached hydrogen (secondary N) is 1. The van der Waals surface area contributed by atoms with E-state index in [1.807, 2.05) is 6.92 Å². The van der Waals surface area contributed by atoms with Crippen molar-refractivity contribution in [3.8, 4) is 0 Å². The topological polar surface area (TPSA) is 69.2 Å². The summed E-state index contributed by atoms with van der Waals surface area (Å²) in [6, 6.07) is -0.913. The predicted molar refractivity (Wildman–Crippen MR) is 74.4 cm³/mol. The van der Waals surface area contributed by atoms with Crippen LogP contribution in [-0.4, -0.2) is 17.9 Å². The van der Waals surface area contributed by atoms with Crippen molar-refractivity contribution in [3.05, 3.63) is 0 Å². The molecule has 0 aliphatic heterocycles. The maximum atomic E-state index is 11.7. The van der Waals surface area contributed by atoms with Gasteiger partial charge in [0.15, 0.2) is 0 Å². The summed E-state index contributed by atoms with van der Waals surface area (Å²) < 4.78 is 0. The number of hydrogen-bond acceptors (Lipinski definition) is 3. The molecule has 20 heavy (non-hydrogen) atoms. The van der Waals surface area contributed by atoms with E-state index in [1.165, 1.54) is 39.0 Å². The molecule has 1 N–H and O–H groups in total. The van der Waals surface area contributed by atoms with E-state index in [0.29, 0.717) is 0 Å². The average Bonchev–Trinajstić information content (AvgIpc) is 2.37. The smallest absolute Gasteiger partial charge is 0.548 e. The third-order valence-electron chi connectivity index (χ3n) is 3.40. The van der Waals surface area contributed by atoms with Gasteiger partial charge in [0.05, 0.1) is 12.0 Å². The van der Waals surface area contributed by atoms with E-state index in [1.54, 1.807) is 0 Å². The van der Waals surface area contributed by atoms with E-state index in [-0.39, 0.29) is 41.4 Å². The van der Waals surface area contributed by atoms with Crippen LogP contribution in [0.2, 0.25) is 0 Å². The van der Waals surface area contributed by atoms with Gasteiger partial charge in [-0.3, -0.25) is 4.79 Å². The summed E-state index contributed by atoms with van der Waals surface area (Å²) in [4.78, 5) is 22.2. The summed E-state index contributed by atoms with van der Waals surface area (Å²) in [5, 5.41) is 13.0. The Balaban J connectivity index is 0. The molecule has 4 nitrogen and oxygen atoms in total. The van der Waals surface area contributed by atoms with Gasteiger partial charge in [-0.15, -0.1) is 0 Å². The molecule has 0 rings (SSSR count). The summed E-state index contributed by atoms with van der Waals surface area (Å²) in [6.45, 7) is 5.47. The zero-order chi connectivity index (χ0) is 14.7. The first-order valence-electron chi connectivity index (χ1n) is 7.50. The molecule has 0 radical (unpaired) electrons. The fourth-order valence-corrected chi connectivity index (χ4v) is 1.95. The molecule has 0 aliphatic carbocycles. The molecule has 1 amide bonds. The molecule has 0 bridgehead atoms. The van der Waals surface area contributed by atoms with Crippen LogP contribution in [0.3, 0.4) is 0 Å². The van der Waals surface area contributed by atoms with Crippen LogP contribution in [0.1, 0.15) is 72.1 Å². The van der Waals surface area contributed by atoms with Crippen LogP contribution in [0.5, 0.6) is 0 Å². The van der Waals surface area contributed by atoms with Crippen molar-refractivity contribution in [2.75, 3.05) is 0 Å². The van der Waals surface area contributed by atoms with E-state index in [0.717, 1.165) is 19.3 Å². The number of rotatable bonds is 11. The molecule has 0 aliphatic rings. The van der Waals surface area contributed by atoms with Crippen LogP contribution in [-0.2, 0) is 9.59 Å². The number of carbonyl (C=O) groups is 2. The van der Waals surface area contributed by atoms with E-state index in [9.17, 15) is 14.7 Å². The minimum Gasteiger partial charge on any atom is -0.548 e. The normalized spacial score (nSPS) is 13.2. The minimum absolute atomic E-state index is 0. The van der Waals surface area contributed by atoms with Crippen LogP contribution in [0.15, 0.2) is 0 Å². The van der Waals surface area contributed by atoms with Gasteiger partial charge < -0.3 is 15.2 Å². The Morgan fingerprint density at radius 1 is 1.00 bits per heavy atom. The van der Waals surface area contributed by atoms with E-state index < -0.39 is 12.0 Å². The summed E-state index contributed by atoms with van der Waals surface area (Å²) in [6.07, 6.45) is 9.36. The molecule has 5 heteroatoms. The number of carbonyl (C=O) groups excluding carboxylic acids is 2. The van der Waals surface area contributed by atoms with Crippen LogP contribution in [0.4, 0.5) is 0 Å². The van der Waals surface area contributed by atoms with Crippen molar-refractivity contribution < 1.29 is 44.3 Å². The summed E-state index contributed by atoms with van der Waals surface area (Å²) in [7, 11) is 0. The van der Waals surface area contributed by atoms with Gasteiger partial charge in [-0.2, -0.15) is 0 Å². The van der Waals surface area contributed by atoms with Gasteiger partial charge in [-0.1, -0.05) is 58.8 Å². The Hall–Kier alpha value is -0.0600. The van der Waals surface area contributed by atoms with Crippen molar-refractivity contribution >= 4 is 11.9 Å². The Bertz CT molecular complexity index is 272. The van der Waals surface area contributed by atoms with Gasteiger partial charge in [0.1, 0.15) is 0 Å². The minimum atomic E-state index is -1.24. The molecule has 0 aromatic heterocycles. The third kappa shape index (κ3) is 11.7. The fourth-order valence-electron chi connectivity index (χ4n) is 1.95. The molecule has 0 heterocycles. The molecule has 0 saturated heterocycles. The molecule has 0 aromatic carbocycles. The zero-order valence-electron chi connectivity index (χ0n) is 13.5. The third-order valence-corrected chi connectivity index (χ3v) is 3.40. The molecular formula is C15H28NNaO3. The summed E-state index contributed by atoms with van der Waals surface area (Å²) in [5.41, 5.74) is 0. The second kappa shape index (κ2) is 13.9. The number of amides is 1. The molecule has 0 fully saturated rings. The fraction of sp³-hybridized carbons (Fsp3) is 0.867. The number of aliphatic carboxylic acids is 1. The van der Waals surface area contributed by atoms with Gasteiger partial charge in [0.2, 0.25) is 5.91 Å². The van der Waals surface area contributed by atoms with E-state index in [4.69, 9.17) is 0 Å². The molecular weight excluding hydrogens is 265 g/mol. The molecule has 112 valence electrons. The number of unbranched alkanes of at least 4 members (excludes halogenated alkanes) is 6. The SMILES string of the molecule is CCCCCCCCCC(C)C(=O)N[C@@H](C)C(=O)[O-].[Na+]. The summed E-state index contributed by atoms with van der Waals surface area (Å²) >= 11 is 0. The maximum absolute atomic E-state index is 11.7. The predicted octanol–water partition coefficient (Wildman–Crippen LogP) is -0.978. The van der Waals surface area contributed by atoms with Crippen molar-refractivity contribution in [2.24, 2.45) is 5.92 Å². The average molecular weight is 293 g/mol. The molecule has 2 atom stereocenters. The van der Waals surface area contributed by atoms with E-state index in [2.05, 4.69) is 12.2 Å². The van der Waals surface area contributed by atoms with Crippen LogP contribution < -0.4 is 40.0 Å². The van der Waals surface area contributed by atoms with Crippen molar-refractivity contribution in [3.63, 3.8) is 0 Å². The van der Waals surface area contributed by atoms with Crippen LogP contribution in [0.25, 0.3) is 0 Å². The molecule has 0 aromatic rings. The van der Waals surface area contributed by atoms with Crippen LogP contribution in [0, 0.1) is 5.92 Å². The zero-order valence-corrected chi connectivity index (χ0v) is 15.5. The van der Waals surface area contributed by atoms with Crippen molar-refractivity contribution in [1.29, 1.82) is 0 Å². The Labute approximate surface area is 145 Å². The number of carboxylic acid groups (broad SMARTS) is 1. The second-order valence-electron chi connectivity index (χ2n) is 5.36. The Kier molecular flexibility index (Phi) is 15.4. The number of hydrogen-bond donors (Lipinski definition) is 1. The van der Waals surface area contributed by atoms with Gasteiger partial charge in [-0.05, 0) is 13.3 Å². The largest absolute Gasteiger partial charge is 1.00 e.